The van der Waals surface area contributed by atoms with Gasteiger partial charge >= 0.3 is 0 Å². The predicted octanol–water partition coefficient (Wildman–Crippen LogP) is 8.27. The molecule has 1 fully saturated rings. The van der Waals surface area contributed by atoms with Crippen LogP contribution in [-0.2, 0) is 0 Å². The summed E-state index contributed by atoms with van der Waals surface area (Å²) < 4.78 is 14.9. The second-order valence-corrected chi connectivity index (χ2v) is 10.4. The van der Waals surface area contributed by atoms with Gasteiger partial charge in [0.1, 0.15) is 11.6 Å². The van der Waals surface area contributed by atoms with E-state index in [0.717, 1.165) is 25.7 Å². The Morgan fingerprint density at radius 2 is 1.66 bits per heavy atom. The molecule has 3 nitrogen and oxygen atoms in total. The van der Waals surface area contributed by atoms with Crippen molar-refractivity contribution in [2.45, 2.75) is 52.5 Å². The molecule has 168 valence electrons. The zero-order valence-electron chi connectivity index (χ0n) is 18.6. The minimum atomic E-state index is -0.425. The number of halogens is 3. The number of pyridine rings is 2. The van der Waals surface area contributed by atoms with Crippen LogP contribution >= 0.6 is 23.2 Å². The van der Waals surface area contributed by atoms with Crippen LogP contribution in [0.4, 0.5) is 10.2 Å². The molecule has 0 unspecified atom stereocenters. The van der Waals surface area contributed by atoms with Gasteiger partial charge in [0.25, 0.3) is 0 Å². The number of nitrogens with zero attached hydrogens (tertiary/aromatic N) is 2. The lowest BCUT2D eigenvalue weighted by molar-refractivity contribution is 0.173. The Hall–Kier alpha value is -2.17. The summed E-state index contributed by atoms with van der Waals surface area (Å²) >= 11 is 13.1. The van der Waals surface area contributed by atoms with E-state index in [2.05, 4.69) is 31.1 Å². The zero-order valence-corrected chi connectivity index (χ0v) is 20.1. The third-order valence-corrected chi connectivity index (χ3v) is 7.02. The van der Waals surface area contributed by atoms with Gasteiger partial charge in [0.2, 0.25) is 0 Å². The standard InChI is InChI=1S/C26H28Cl2FN3/c1-26(2,3)16-10-12-17(13-11-16)31-25-24(23-18(27)7-6-8-20(23)29)19(28)15-22(32-25)21-9-4-5-14-30-21/h4-9,14-17H,10-13H2,1-3H3,(H,31,32). The van der Waals surface area contributed by atoms with E-state index in [1.807, 2.05) is 18.2 Å². The highest BCUT2D eigenvalue weighted by Gasteiger charge is 2.30. The van der Waals surface area contributed by atoms with Crippen molar-refractivity contribution in [1.29, 1.82) is 0 Å². The van der Waals surface area contributed by atoms with E-state index in [4.69, 9.17) is 28.2 Å². The number of nitrogens with one attached hydrogen (secondary N) is 1. The minimum absolute atomic E-state index is 0.237. The first-order valence-corrected chi connectivity index (χ1v) is 11.8. The van der Waals surface area contributed by atoms with Gasteiger partial charge in [-0.15, -0.1) is 0 Å². The molecule has 4 rings (SSSR count). The van der Waals surface area contributed by atoms with Crippen LogP contribution in [0.5, 0.6) is 0 Å². The number of benzene rings is 1. The molecule has 0 bridgehead atoms. The summed E-state index contributed by atoms with van der Waals surface area (Å²) in [6.07, 6.45) is 6.06. The molecule has 2 heterocycles. The average molecular weight is 472 g/mol. The molecule has 0 radical (unpaired) electrons. The van der Waals surface area contributed by atoms with Crippen molar-refractivity contribution in [3.05, 3.63) is 64.5 Å². The second-order valence-electron chi connectivity index (χ2n) is 9.58. The number of hydrogen-bond acceptors (Lipinski definition) is 3. The van der Waals surface area contributed by atoms with Crippen LogP contribution in [0, 0.1) is 17.2 Å². The molecule has 32 heavy (non-hydrogen) atoms. The smallest absolute Gasteiger partial charge is 0.136 e. The van der Waals surface area contributed by atoms with Crippen molar-refractivity contribution < 1.29 is 4.39 Å². The molecular weight excluding hydrogens is 444 g/mol. The van der Waals surface area contributed by atoms with Gasteiger partial charge in [0.15, 0.2) is 0 Å². The quantitative estimate of drug-likeness (QED) is 0.415. The lowest BCUT2D eigenvalue weighted by atomic mass is 9.71. The van der Waals surface area contributed by atoms with E-state index in [1.165, 1.54) is 6.07 Å². The average Bonchev–Trinajstić information content (AvgIpc) is 2.75. The van der Waals surface area contributed by atoms with Gasteiger partial charge in [-0.1, -0.05) is 56.1 Å². The molecule has 2 aromatic heterocycles. The van der Waals surface area contributed by atoms with E-state index in [-0.39, 0.29) is 11.6 Å². The Bertz CT molecular complexity index is 1070. The molecule has 3 aromatic rings. The molecule has 0 amide bonds. The van der Waals surface area contributed by atoms with Crippen molar-refractivity contribution in [2.24, 2.45) is 11.3 Å². The molecule has 1 saturated carbocycles. The monoisotopic (exact) mass is 471 g/mol. The molecular formula is C26H28Cl2FN3. The molecule has 1 aliphatic carbocycles. The normalized spacial score (nSPS) is 19.1. The number of anilines is 1. The summed E-state index contributed by atoms with van der Waals surface area (Å²) in [5, 5.41) is 4.27. The third-order valence-electron chi connectivity index (χ3n) is 6.40. The zero-order chi connectivity index (χ0) is 22.9. The lowest BCUT2D eigenvalue weighted by Crippen LogP contribution is -2.32. The molecule has 0 saturated heterocycles. The summed E-state index contributed by atoms with van der Waals surface area (Å²) in [5.41, 5.74) is 2.41. The van der Waals surface area contributed by atoms with Gasteiger partial charge in [-0.25, -0.2) is 9.37 Å². The van der Waals surface area contributed by atoms with Crippen LogP contribution in [0.3, 0.4) is 0 Å². The fourth-order valence-electron chi connectivity index (χ4n) is 4.54. The van der Waals surface area contributed by atoms with Crippen molar-refractivity contribution >= 4 is 29.0 Å². The summed E-state index contributed by atoms with van der Waals surface area (Å²) in [6, 6.07) is 12.2. The topological polar surface area (TPSA) is 37.8 Å². The van der Waals surface area contributed by atoms with E-state index < -0.39 is 5.82 Å². The van der Waals surface area contributed by atoms with Crippen LogP contribution in [0.25, 0.3) is 22.5 Å². The van der Waals surface area contributed by atoms with E-state index >= 15 is 0 Å². The maximum atomic E-state index is 14.9. The Labute approximate surface area is 199 Å². The van der Waals surface area contributed by atoms with Gasteiger partial charge in [0, 0.05) is 23.4 Å². The van der Waals surface area contributed by atoms with Gasteiger partial charge in [0.05, 0.1) is 21.4 Å². The maximum absolute atomic E-state index is 14.9. The molecule has 0 atom stereocenters. The van der Waals surface area contributed by atoms with Crippen molar-refractivity contribution in [1.82, 2.24) is 9.97 Å². The summed E-state index contributed by atoms with van der Waals surface area (Å²) in [6.45, 7) is 6.92. The summed E-state index contributed by atoms with van der Waals surface area (Å²) in [4.78, 5) is 9.24. The maximum Gasteiger partial charge on any atom is 0.136 e. The van der Waals surface area contributed by atoms with Crippen LogP contribution in [0.2, 0.25) is 10.0 Å². The second kappa shape index (κ2) is 9.36. The summed E-state index contributed by atoms with van der Waals surface area (Å²) in [7, 11) is 0. The van der Waals surface area contributed by atoms with Gasteiger partial charge in [-0.3, -0.25) is 4.98 Å². The largest absolute Gasteiger partial charge is 0.367 e. The molecule has 0 spiro atoms. The highest BCUT2D eigenvalue weighted by molar-refractivity contribution is 6.37. The Balaban J connectivity index is 1.74. The Kier molecular flexibility index (Phi) is 6.73. The molecule has 1 aliphatic rings. The first-order valence-electron chi connectivity index (χ1n) is 11.1. The molecule has 6 heteroatoms. The van der Waals surface area contributed by atoms with Crippen LogP contribution in [0.15, 0.2) is 48.7 Å². The van der Waals surface area contributed by atoms with Crippen molar-refractivity contribution in [3.63, 3.8) is 0 Å². The lowest BCUT2D eigenvalue weighted by Gasteiger charge is -2.37. The van der Waals surface area contributed by atoms with E-state index in [9.17, 15) is 4.39 Å². The fourth-order valence-corrected chi connectivity index (χ4v) is 5.08. The van der Waals surface area contributed by atoms with Gasteiger partial charge < -0.3 is 5.32 Å². The van der Waals surface area contributed by atoms with Crippen LogP contribution in [0.1, 0.15) is 46.5 Å². The van der Waals surface area contributed by atoms with Crippen LogP contribution < -0.4 is 5.32 Å². The SMILES string of the molecule is CC(C)(C)C1CCC(Nc2nc(-c3ccccn3)cc(Cl)c2-c2c(F)cccc2Cl)CC1. The van der Waals surface area contributed by atoms with Crippen molar-refractivity contribution in [3.8, 4) is 22.5 Å². The molecule has 0 aliphatic heterocycles. The molecule has 1 N–H and O–H groups in total. The van der Waals surface area contributed by atoms with Crippen molar-refractivity contribution in [2.75, 3.05) is 5.32 Å². The third kappa shape index (κ3) is 4.92. The van der Waals surface area contributed by atoms with E-state index in [0.29, 0.717) is 44.1 Å². The highest BCUT2D eigenvalue weighted by Crippen LogP contribution is 2.43. The highest BCUT2D eigenvalue weighted by atomic mass is 35.5. The van der Waals surface area contributed by atoms with Gasteiger partial charge in [-0.2, -0.15) is 0 Å². The predicted molar refractivity (Wildman–Crippen MR) is 132 cm³/mol. The Morgan fingerprint density at radius 1 is 0.906 bits per heavy atom. The summed E-state index contributed by atoms with van der Waals surface area (Å²) in [5.74, 6) is 0.813. The Morgan fingerprint density at radius 3 is 2.28 bits per heavy atom. The first-order chi connectivity index (χ1) is 15.2. The minimum Gasteiger partial charge on any atom is -0.367 e. The van der Waals surface area contributed by atoms with Gasteiger partial charge in [-0.05, 0) is 67.3 Å². The van der Waals surface area contributed by atoms with E-state index in [1.54, 1.807) is 24.4 Å². The first kappa shape index (κ1) is 23.0. The molecule has 1 aromatic carbocycles. The number of hydrogen-bond donors (Lipinski definition) is 1. The fraction of sp³-hybridized carbons (Fsp3) is 0.385. The number of aromatic nitrogens is 2. The van der Waals surface area contributed by atoms with Crippen LogP contribution in [-0.4, -0.2) is 16.0 Å². The number of rotatable bonds is 4.